The van der Waals surface area contributed by atoms with Crippen LogP contribution in [0.15, 0.2) is 12.4 Å². The molecule has 1 N–H and O–H groups in total. The summed E-state index contributed by atoms with van der Waals surface area (Å²) < 4.78 is 0. The lowest BCUT2D eigenvalue weighted by atomic mass is 10.1. The molecule has 1 aromatic rings. The first kappa shape index (κ1) is 9.00. The number of halogens is 1. The highest BCUT2D eigenvalue weighted by atomic mass is 35.5. The molecule has 1 heterocycles. The zero-order valence-electron chi connectivity index (χ0n) is 6.54. The Morgan fingerprint density at radius 1 is 1.58 bits per heavy atom. The molecule has 1 amide bonds. The molecule has 12 heavy (non-hydrogen) atoms. The minimum atomic E-state index is -0.114. The number of aromatic nitrogens is 2. The third-order valence-corrected chi connectivity index (χ3v) is 1.54. The fourth-order valence-electron chi connectivity index (χ4n) is 0.677. The van der Waals surface area contributed by atoms with Crippen LogP contribution in [-0.2, 0) is 6.54 Å². The highest BCUT2D eigenvalue weighted by Crippen LogP contribution is 2.07. The van der Waals surface area contributed by atoms with Crippen molar-refractivity contribution in [2.75, 3.05) is 0 Å². The lowest BCUT2D eigenvalue weighted by Crippen LogP contribution is -2.21. The predicted molar refractivity (Wildman–Crippen MR) is 47.8 cm³/mol. The van der Waals surface area contributed by atoms with Gasteiger partial charge in [0.1, 0.15) is 0 Å². The van der Waals surface area contributed by atoms with Crippen LogP contribution in [0.1, 0.15) is 5.69 Å². The first-order chi connectivity index (χ1) is 5.70. The second-order valence-corrected chi connectivity index (χ2v) is 2.56. The highest BCUT2D eigenvalue weighted by molar-refractivity contribution is 6.57. The Kier molecular flexibility index (Phi) is 3.05. The zero-order chi connectivity index (χ0) is 8.97. The number of rotatable bonds is 2. The minimum absolute atomic E-state index is 0.114. The molecule has 1 rings (SSSR count). The van der Waals surface area contributed by atoms with E-state index in [2.05, 4.69) is 15.3 Å². The first-order valence-corrected chi connectivity index (χ1v) is 3.78. The second-order valence-electron chi connectivity index (χ2n) is 2.20. The molecular formula is C6H7BClN3O. The third-order valence-electron chi connectivity index (χ3n) is 1.23. The van der Waals surface area contributed by atoms with Gasteiger partial charge in [0.05, 0.1) is 12.2 Å². The zero-order valence-corrected chi connectivity index (χ0v) is 7.30. The van der Waals surface area contributed by atoms with Gasteiger partial charge < -0.3 is 5.32 Å². The number of nitrogens with zero attached hydrogens (tertiary/aromatic N) is 2. The van der Waals surface area contributed by atoms with Gasteiger partial charge in [-0.2, -0.15) is 0 Å². The molecule has 0 radical (unpaired) electrons. The molecule has 4 nitrogen and oxygen atoms in total. The number of carbonyl (C=O) groups excluding carboxylic acids is 1. The lowest BCUT2D eigenvalue weighted by molar-refractivity contribution is 0.259. The number of hydrogen-bond acceptors (Lipinski definition) is 3. The topological polar surface area (TPSA) is 54.9 Å². The standard InChI is InChI=1S/C6H7BClN3O/c7-6(12)11-3-4-5(8)10-2-1-9-4/h1-2H,3,7H2,(H,11,12). The van der Waals surface area contributed by atoms with Crippen molar-refractivity contribution in [2.24, 2.45) is 0 Å². The molecule has 0 aliphatic heterocycles. The normalized spacial score (nSPS) is 9.42. The van der Waals surface area contributed by atoms with E-state index in [-0.39, 0.29) is 5.81 Å². The third kappa shape index (κ3) is 2.50. The molecule has 62 valence electrons. The summed E-state index contributed by atoms with van der Waals surface area (Å²) in [4.78, 5) is 18.3. The highest BCUT2D eigenvalue weighted by Gasteiger charge is 2.01. The Labute approximate surface area is 75.8 Å². The Morgan fingerprint density at radius 3 is 2.83 bits per heavy atom. The number of hydrogen-bond donors (Lipinski definition) is 1. The van der Waals surface area contributed by atoms with Crippen molar-refractivity contribution < 1.29 is 4.79 Å². The molecule has 0 bridgehead atoms. The van der Waals surface area contributed by atoms with Gasteiger partial charge in [-0.05, 0) is 0 Å². The van der Waals surface area contributed by atoms with E-state index in [0.29, 0.717) is 17.4 Å². The van der Waals surface area contributed by atoms with Crippen molar-refractivity contribution in [2.45, 2.75) is 6.54 Å². The van der Waals surface area contributed by atoms with Crippen molar-refractivity contribution in [3.8, 4) is 0 Å². The van der Waals surface area contributed by atoms with Crippen LogP contribution in [0.2, 0.25) is 5.15 Å². The predicted octanol–water partition coefficient (Wildman–Crippen LogP) is -0.0273. The molecule has 0 aliphatic rings. The maximum absolute atomic E-state index is 10.5. The van der Waals surface area contributed by atoms with Crippen LogP contribution in [0.5, 0.6) is 0 Å². The van der Waals surface area contributed by atoms with Gasteiger partial charge in [0.2, 0.25) is 7.85 Å². The van der Waals surface area contributed by atoms with Crippen molar-refractivity contribution in [3.63, 3.8) is 0 Å². The van der Waals surface area contributed by atoms with Gasteiger partial charge in [0.15, 0.2) is 11.0 Å². The second kappa shape index (κ2) is 4.06. The molecule has 0 aliphatic carbocycles. The Hall–Kier alpha value is -1.10. The monoisotopic (exact) mass is 183 g/mol. The van der Waals surface area contributed by atoms with E-state index < -0.39 is 0 Å². The van der Waals surface area contributed by atoms with Crippen LogP contribution in [0.3, 0.4) is 0 Å². The van der Waals surface area contributed by atoms with Gasteiger partial charge >= 0.3 is 0 Å². The molecule has 6 heteroatoms. The fourth-order valence-corrected chi connectivity index (χ4v) is 0.849. The first-order valence-electron chi connectivity index (χ1n) is 3.40. The van der Waals surface area contributed by atoms with Gasteiger partial charge in [0.25, 0.3) is 0 Å². The molecule has 0 spiro atoms. The molecule has 1 aromatic heterocycles. The number of carbonyl (C=O) groups is 1. The molecule has 0 unspecified atom stereocenters. The van der Waals surface area contributed by atoms with E-state index in [0.717, 1.165) is 0 Å². The van der Waals surface area contributed by atoms with Gasteiger partial charge in [-0.25, -0.2) is 4.98 Å². The summed E-state index contributed by atoms with van der Waals surface area (Å²) in [5, 5.41) is 2.90. The smallest absolute Gasteiger partial charge is 0.215 e. The number of nitrogens with one attached hydrogen (secondary N) is 1. The van der Waals surface area contributed by atoms with Crippen LogP contribution < -0.4 is 5.32 Å². The summed E-state index contributed by atoms with van der Waals surface area (Å²) >= 11 is 5.68. The minimum Gasteiger partial charge on any atom is -0.360 e. The van der Waals surface area contributed by atoms with Crippen molar-refractivity contribution in [1.29, 1.82) is 0 Å². The van der Waals surface area contributed by atoms with E-state index in [1.165, 1.54) is 20.2 Å². The SMILES string of the molecule is BC(=O)NCc1nccnc1Cl. The van der Waals surface area contributed by atoms with Crippen LogP contribution in [0.25, 0.3) is 0 Å². The van der Waals surface area contributed by atoms with Gasteiger partial charge in [0, 0.05) is 12.4 Å². The van der Waals surface area contributed by atoms with E-state index in [1.807, 2.05) is 0 Å². The Bertz CT molecular complexity index is 294. The summed E-state index contributed by atoms with van der Waals surface area (Å²) in [5.41, 5.74) is 0.578. The Balaban J connectivity index is 2.63. The van der Waals surface area contributed by atoms with Crippen molar-refractivity contribution >= 4 is 25.3 Å². The van der Waals surface area contributed by atoms with Crippen LogP contribution in [0, 0.1) is 0 Å². The van der Waals surface area contributed by atoms with Gasteiger partial charge in [-0.1, -0.05) is 11.6 Å². The Morgan fingerprint density at radius 2 is 2.25 bits per heavy atom. The number of amides is 1. The van der Waals surface area contributed by atoms with Crippen LogP contribution >= 0.6 is 11.6 Å². The van der Waals surface area contributed by atoms with Crippen LogP contribution in [-0.4, -0.2) is 23.6 Å². The molecule has 0 saturated heterocycles. The summed E-state index contributed by atoms with van der Waals surface area (Å²) in [7, 11) is 1.43. The molecule has 0 fully saturated rings. The molecular weight excluding hydrogens is 176 g/mol. The molecule has 0 aromatic carbocycles. The maximum atomic E-state index is 10.5. The van der Waals surface area contributed by atoms with E-state index in [1.54, 1.807) is 0 Å². The quantitative estimate of drug-likeness (QED) is 0.655. The fraction of sp³-hybridized carbons (Fsp3) is 0.167. The van der Waals surface area contributed by atoms with Gasteiger partial charge in [-0.15, -0.1) is 0 Å². The molecule has 0 atom stereocenters. The molecule has 0 saturated carbocycles. The lowest BCUT2D eigenvalue weighted by Gasteiger charge is -2.01. The van der Waals surface area contributed by atoms with E-state index >= 15 is 0 Å². The summed E-state index contributed by atoms with van der Waals surface area (Å²) in [6, 6.07) is 0. The van der Waals surface area contributed by atoms with Gasteiger partial charge in [-0.3, -0.25) is 9.78 Å². The largest absolute Gasteiger partial charge is 0.360 e. The van der Waals surface area contributed by atoms with Crippen molar-refractivity contribution in [1.82, 2.24) is 15.3 Å². The average molecular weight is 183 g/mol. The summed E-state index contributed by atoms with van der Waals surface area (Å²) in [6.45, 7) is 0.321. The van der Waals surface area contributed by atoms with Crippen LogP contribution in [0.4, 0.5) is 4.79 Å². The van der Waals surface area contributed by atoms with E-state index in [4.69, 9.17) is 11.6 Å². The van der Waals surface area contributed by atoms with E-state index in [9.17, 15) is 4.79 Å². The summed E-state index contributed by atoms with van der Waals surface area (Å²) in [6.07, 6.45) is 3.03. The van der Waals surface area contributed by atoms with Crippen molar-refractivity contribution in [3.05, 3.63) is 23.2 Å². The maximum Gasteiger partial charge on any atom is 0.215 e. The average Bonchev–Trinajstić information content (AvgIpc) is 2.03. The summed E-state index contributed by atoms with van der Waals surface area (Å²) in [5.74, 6) is -0.114.